The third-order valence-electron chi connectivity index (χ3n) is 2.17. The molecule has 0 aliphatic heterocycles. The van der Waals surface area contributed by atoms with Crippen molar-refractivity contribution in [3.05, 3.63) is 39.3 Å². The van der Waals surface area contributed by atoms with Crippen LogP contribution >= 0.6 is 0 Å². The number of hydrogen-bond acceptors (Lipinski definition) is 4. The summed E-state index contributed by atoms with van der Waals surface area (Å²) < 4.78 is 53.8. The lowest BCUT2D eigenvalue weighted by atomic mass is 10.1. The third kappa shape index (κ3) is 3.68. The van der Waals surface area contributed by atoms with Crippen LogP contribution in [0.3, 0.4) is 0 Å². The van der Waals surface area contributed by atoms with Crippen LogP contribution in [0.1, 0.15) is 12.0 Å². The fourth-order valence-electron chi connectivity index (χ4n) is 1.24. The number of halogens is 4. The van der Waals surface area contributed by atoms with Gasteiger partial charge in [0, 0.05) is 17.9 Å². The second-order valence-corrected chi connectivity index (χ2v) is 3.54. The van der Waals surface area contributed by atoms with Crippen LogP contribution < -0.4 is 11.2 Å². The van der Waals surface area contributed by atoms with Gasteiger partial charge in [0.05, 0.1) is 11.8 Å². The van der Waals surface area contributed by atoms with Crippen LogP contribution in [-0.2, 0) is 4.79 Å². The highest BCUT2D eigenvalue weighted by Gasteiger charge is 2.23. The zero-order valence-electron chi connectivity index (χ0n) is 10.3. The standard InChI is InChI=1S/C10H8F4N6O/c11-6-4(3-17-18-5(21)1-2-15)7(12)9(14)10(8(6)13)19-20-16/h3H,1-2,15H2,(H,18,21). The van der Waals surface area contributed by atoms with E-state index in [9.17, 15) is 22.4 Å². The average molecular weight is 304 g/mol. The maximum Gasteiger partial charge on any atom is 0.241 e. The fraction of sp³-hybridized carbons (Fsp3) is 0.200. The Hall–Kier alpha value is -2.65. The predicted molar refractivity (Wildman–Crippen MR) is 64.5 cm³/mol. The average Bonchev–Trinajstić information content (AvgIpc) is 2.45. The molecule has 11 heteroatoms. The van der Waals surface area contributed by atoms with Gasteiger partial charge < -0.3 is 5.73 Å². The number of amides is 1. The van der Waals surface area contributed by atoms with Gasteiger partial charge in [-0.1, -0.05) is 5.11 Å². The molecule has 0 radical (unpaired) electrons. The Morgan fingerprint density at radius 3 is 2.29 bits per heavy atom. The number of rotatable bonds is 5. The third-order valence-corrected chi connectivity index (χ3v) is 2.17. The van der Waals surface area contributed by atoms with Gasteiger partial charge in [-0.2, -0.15) is 5.10 Å². The molecule has 0 aliphatic carbocycles. The van der Waals surface area contributed by atoms with Crippen molar-refractivity contribution in [3.63, 3.8) is 0 Å². The molecule has 1 aromatic rings. The van der Waals surface area contributed by atoms with Gasteiger partial charge >= 0.3 is 0 Å². The molecule has 1 amide bonds. The van der Waals surface area contributed by atoms with Crippen LogP contribution in [-0.4, -0.2) is 18.7 Å². The summed E-state index contributed by atoms with van der Waals surface area (Å²) in [5.74, 6) is -8.02. The van der Waals surface area contributed by atoms with Gasteiger partial charge in [0.25, 0.3) is 0 Å². The molecule has 3 N–H and O–H groups in total. The van der Waals surface area contributed by atoms with Crippen molar-refractivity contribution in [3.8, 4) is 0 Å². The highest BCUT2D eigenvalue weighted by Crippen LogP contribution is 2.29. The van der Waals surface area contributed by atoms with E-state index in [1.165, 1.54) is 0 Å². The number of carbonyl (C=O) groups excluding carboxylic acids is 1. The van der Waals surface area contributed by atoms with E-state index >= 15 is 0 Å². The highest BCUT2D eigenvalue weighted by atomic mass is 19.2. The molecule has 21 heavy (non-hydrogen) atoms. The lowest BCUT2D eigenvalue weighted by molar-refractivity contribution is -0.120. The number of hydrazone groups is 1. The van der Waals surface area contributed by atoms with E-state index in [1.807, 2.05) is 5.43 Å². The minimum Gasteiger partial charge on any atom is -0.330 e. The first-order chi connectivity index (χ1) is 9.93. The summed E-state index contributed by atoms with van der Waals surface area (Å²) in [6.07, 6.45) is 0.284. The molecule has 0 saturated carbocycles. The van der Waals surface area contributed by atoms with Gasteiger partial charge in [-0.05, 0) is 5.53 Å². The van der Waals surface area contributed by atoms with Crippen molar-refractivity contribution < 1.29 is 22.4 Å². The van der Waals surface area contributed by atoms with Gasteiger partial charge in [-0.15, -0.1) is 0 Å². The first-order valence-electron chi connectivity index (χ1n) is 5.37. The molecule has 1 rings (SSSR count). The van der Waals surface area contributed by atoms with E-state index in [2.05, 4.69) is 15.1 Å². The van der Waals surface area contributed by atoms with Crippen LogP contribution in [0.4, 0.5) is 23.2 Å². The molecule has 7 nitrogen and oxygen atoms in total. The maximum absolute atomic E-state index is 13.5. The fourth-order valence-corrected chi connectivity index (χ4v) is 1.24. The lowest BCUT2D eigenvalue weighted by Crippen LogP contribution is -2.21. The minimum atomic E-state index is -1.87. The Kier molecular flexibility index (Phi) is 5.64. The molecule has 0 atom stereocenters. The van der Waals surface area contributed by atoms with Crippen molar-refractivity contribution in [1.29, 1.82) is 0 Å². The summed E-state index contributed by atoms with van der Waals surface area (Å²) in [7, 11) is 0. The predicted octanol–water partition coefficient (Wildman–Crippen LogP) is 1.98. The molecule has 0 heterocycles. The van der Waals surface area contributed by atoms with Crippen LogP contribution in [0.2, 0.25) is 0 Å². The van der Waals surface area contributed by atoms with Crippen LogP contribution in [0, 0.1) is 23.3 Å². The highest BCUT2D eigenvalue weighted by molar-refractivity contribution is 5.83. The Morgan fingerprint density at radius 2 is 1.81 bits per heavy atom. The Bertz CT molecular complexity index is 612. The van der Waals surface area contributed by atoms with Crippen molar-refractivity contribution in [1.82, 2.24) is 5.43 Å². The number of hydrogen-bond donors (Lipinski definition) is 2. The van der Waals surface area contributed by atoms with Crippen molar-refractivity contribution >= 4 is 17.8 Å². The second-order valence-electron chi connectivity index (χ2n) is 3.54. The van der Waals surface area contributed by atoms with E-state index in [0.29, 0.717) is 6.21 Å². The zero-order valence-corrected chi connectivity index (χ0v) is 10.3. The molecule has 112 valence electrons. The molecule has 1 aromatic carbocycles. The maximum atomic E-state index is 13.5. The van der Waals surface area contributed by atoms with Gasteiger partial charge in [0.15, 0.2) is 23.3 Å². The summed E-state index contributed by atoms with van der Waals surface area (Å²) >= 11 is 0. The molecule has 0 spiro atoms. The zero-order chi connectivity index (χ0) is 16.0. The first kappa shape index (κ1) is 16.4. The molecular weight excluding hydrogens is 296 g/mol. The number of carbonyl (C=O) groups is 1. The molecular formula is C10H8F4N6O. The summed E-state index contributed by atoms with van der Waals surface area (Å²) in [5.41, 5.74) is 12.4. The van der Waals surface area contributed by atoms with E-state index in [4.69, 9.17) is 11.3 Å². The van der Waals surface area contributed by atoms with Crippen molar-refractivity contribution in [2.45, 2.75) is 6.42 Å². The SMILES string of the molecule is [N-]=[N+]=Nc1c(F)c(F)c(C=NNC(=O)CCN)c(F)c1F. The quantitative estimate of drug-likeness (QED) is 0.165. The van der Waals surface area contributed by atoms with Crippen LogP contribution in [0.5, 0.6) is 0 Å². The number of benzene rings is 1. The van der Waals surface area contributed by atoms with E-state index in [1.54, 1.807) is 0 Å². The number of azide groups is 1. The Balaban J connectivity index is 3.18. The number of nitrogens with one attached hydrogen (secondary N) is 1. The van der Waals surface area contributed by atoms with Gasteiger partial charge in [0.1, 0.15) is 5.69 Å². The molecule has 0 aromatic heterocycles. The molecule has 0 bridgehead atoms. The smallest absolute Gasteiger partial charge is 0.241 e. The van der Waals surface area contributed by atoms with Gasteiger partial charge in [-0.3, -0.25) is 4.79 Å². The number of nitrogens with two attached hydrogens (primary N) is 1. The number of nitrogens with zero attached hydrogens (tertiary/aromatic N) is 4. The largest absolute Gasteiger partial charge is 0.330 e. The lowest BCUT2D eigenvalue weighted by Gasteiger charge is -2.05. The molecule has 0 unspecified atom stereocenters. The van der Waals surface area contributed by atoms with Crippen molar-refractivity contribution in [2.75, 3.05) is 6.54 Å². The van der Waals surface area contributed by atoms with Crippen LogP contribution in [0.15, 0.2) is 10.2 Å². The summed E-state index contributed by atoms with van der Waals surface area (Å²) in [6, 6.07) is 0. The monoisotopic (exact) mass is 304 g/mol. The summed E-state index contributed by atoms with van der Waals surface area (Å²) in [6.45, 7) is 0.0220. The second kappa shape index (κ2) is 7.22. The van der Waals surface area contributed by atoms with E-state index in [-0.39, 0.29) is 13.0 Å². The van der Waals surface area contributed by atoms with Gasteiger partial charge in [-0.25, -0.2) is 23.0 Å². The van der Waals surface area contributed by atoms with Crippen LogP contribution in [0.25, 0.3) is 10.4 Å². The Labute approximate surface area is 115 Å². The topological polar surface area (TPSA) is 116 Å². The summed E-state index contributed by atoms with van der Waals surface area (Å²) in [5, 5.41) is 5.67. The molecule has 0 saturated heterocycles. The molecule has 0 fully saturated rings. The summed E-state index contributed by atoms with van der Waals surface area (Å²) in [4.78, 5) is 13.0. The minimum absolute atomic E-state index is 0.0220. The molecule has 0 aliphatic rings. The van der Waals surface area contributed by atoms with Gasteiger partial charge in [0.2, 0.25) is 5.91 Å². The van der Waals surface area contributed by atoms with E-state index in [0.717, 1.165) is 0 Å². The normalized spacial score (nSPS) is 10.5. The van der Waals surface area contributed by atoms with E-state index < -0.39 is 40.4 Å². The first-order valence-corrected chi connectivity index (χ1v) is 5.37. The van der Waals surface area contributed by atoms with Crippen molar-refractivity contribution in [2.24, 2.45) is 15.9 Å². The Morgan fingerprint density at radius 1 is 1.24 bits per heavy atom.